The summed E-state index contributed by atoms with van der Waals surface area (Å²) in [7, 11) is 0. The van der Waals surface area contributed by atoms with Gasteiger partial charge in [0.2, 0.25) is 5.91 Å². The molecule has 1 rings (SSSR count). The first-order valence-electron chi connectivity index (χ1n) is 5.71. The number of carbonyl (C=O) groups is 1. The van der Waals surface area contributed by atoms with Crippen LogP contribution in [0.2, 0.25) is 0 Å². The Labute approximate surface area is 107 Å². The van der Waals surface area contributed by atoms with Crippen LogP contribution < -0.4 is 11.1 Å². The zero-order valence-electron chi connectivity index (χ0n) is 10.4. The van der Waals surface area contributed by atoms with Crippen LogP contribution in [0.25, 0.3) is 0 Å². The average molecular weight is 252 g/mol. The molecule has 0 unspecified atom stereocenters. The third kappa shape index (κ3) is 7.02. The molecule has 0 aliphatic carbocycles. The van der Waals surface area contributed by atoms with Gasteiger partial charge in [-0.25, -0.2) is 0 Å². The van der Waals surface area contributed by atoms with Gasteiger partial charge in [0, 0.05) is 29.2 Å². The van der Waals surface area contributed by atoms with E-state index in [9.17, 15) is 4.79 Å². The number of thioether (sulfide) groups is 1. The summed E-state index contributed by atoms with van der Waals surface area (Å²) in [4.78, 5) is 12.7. The summed E-state index contributed by atoms with van der Waals surface area (Å²) < 4.78 is 0. The fraction of sp³-hybridized carbons (Fsp3) is 0.462. The molecule has 4 heteroatoms. The molecule has 0 bridgehead atoms. The highest BCUT2D eigenvalue weighted by molar-refractivity contribution is 7.99. The Morgan fingerprint density at radius 1 is 1.35 bits per heavy atom. The first-order chi connectivity index (χ1) is 7.97. The Hall–Kier alpha value is -1.00. The van der Waals surface area contributed by atoms with Gasteiger partial charge in [-0.15, -0.1) is 11.8 Å². The monoisotopic (exact) mass is 252 g/mol. The Morgan fingerprint density at radius 2 is 2.00 bits per heavy atom. The molecule has 3 N–H and O–H groups in total. The third-order valence-electron chi connectivity index (χ3n) is 2.05. The van der Waals surface area contributed by atoms with Gasteiger partial charge in [-0.1, -0.05) is 18.2 Å². The van der Waals surface area contributed by atoms with Gasteiger partial charge in [0.1, 0.15) is 0 Å². The van der Waals surface area contributed by atoms with E-state index in [0.717, 1.165) is 5.75 Å². The molecule has 1 aromatic rings. The van der Waals surface area contributed by atoms with E-state index in [0.29, 0.717) is 13.0 Å². The van der Waals surface area contributed by atoms with Crippen molar-refractivity contribution in [2.24, 2.45) is 5.73 Å². The lowest BCUT2D eigenvalue weighted by Gasteiger charge is -2.17. The van der Waals surface area contributed by atoms with Gasteiger partial charge < -0.3 is 11.1 Å². The van der Waals surface area contributed by atoms with Gasteiger partial charge in [-0.05, 0) is 26.0 Å². The fourth-order valence-corrected chi connectivity index (χ4v) is 2.14. The lowest BCUT2D eigenvalue weighted by molar-refractivity contribution is -0.121. The lowest BCUT2D eigenvalue weighted by atomic mass is 10.0. The fourth-order valence-electron chi connectivity index (χ4n) is 1.35. The number of rotatable bonds is 6. The number of hydrogen-bond acceptors (Lipinski definition) is 3. The molecular formula is C13H20N2OS. The van der Waals surface area contributed by atoms with Crippen molar-refractivity contribution in [2.75, 3.05) is 12.3 Å². The topological polar surface area (TPSA) is 55.1 Å². The van der Waals surface area contributed by atoms with Crippen LogP contribution in [0.15, 0.2) is 35.2 Å². The van der Waals surface area contributed by atoms with E-state index in [1.54, 1.807) is 11.8 Å². The highest BCUT2D eigenvalue weighted by Gasteiger charge is 2.15. The van der Waals surface area contributed by atoms with Crippen LogP contribution >= 0.6 is 11.8 Å². The van der Waals surface area contributed by atoms with Gasteiger partial charge >= 0.3 is 0 Å². The van der Waals surface area contributed by atoms with Gasteiger partial charge in [0.15, 0.2) is 0 Å². The minimum absolute atomic E-state index is 0.0196. The zero-order chi connectivity index (χ0) is 12.7. The van der Waals surface area contributed by atoms with Crippen LogP contribution in [0, 0.1) is 0 Å². The molecule has 0 aliphatic heterocycles. The number of carbonyl (C=O) groups excluding carboxylic acids is 1. The van der Waals surface area contributed by atoms with Crippen molar-refractivity contribution in [3.8, 4) is 0 Å². The molecule has 0 heterocycles. The molecule has 1 amide bonds. The molecule has 1 aromatic carbocycles. The van der Waals surface area contributed by atoms with E-state index in [4.69, 9.17) is 5.73 Å². The summed E-state index contributed by atoms with van der Waals surface area (Å²) in [6, 6.07) is 10.1. The third-order valence-corrected chi connectivity index (χ3v) is 3.07. The highest BCUT2D eigenvalue weighted by Crippen LogP contribution is 2.15. The van der Waals surface area contributed by atoms with Crippen molar-refractivity contribution in [1.82, 2.24) is 5.32 Å². The minimum Gasteiger partial charge on any atom is -0.355 e. The number of amides is 1. The van der Waals surface area contributed by atoms with E-state index in [2.05, 4.69) is 17.4 Å². The molecule has 0 fully saturated rings. The van der Waals surface area contributed by atoms with Crippen molar-refractivity contribution < 1.29 is 4.79 Å². The minimum atomic E-state index is -0.434. The van der Waals surface area contributed by atoms with Gasteiger partial charge in [-0.2, -0.15) is 0 Å². The highest BCUT2D eigenvalue weighted by atomic mass is 32.2. The lowest BCUT2D eigenvalue weighted by Crippen LogP contribution is -2.39. The zero-order valence-corrected chi connectivity index (χ0v) is 11.2. The largest absolute Gasteiger partial charge is 0.355 e. The van der Waals surface area contributed by atoms with Crippen molar-refractivity contribution in [3.05, 3.63) is 30.3 Å². The van der Waals surface area contributed by atoms with Crippen LogP contribution in [-0.4, -0.2) is 23.7 Å². The first-order valence-corrected chi connectivity index (χ1v) is 6.69. The van der Waals surface area contributed by atoms with E-state index in [-0.39, 0.29) is 5.91 Å². The summed E-state index contributed by atoms with van der Waals surface area (Å²) in [6.07, 6.45) is 0.364. The van der Waals surface area contributed by atoms with Crippen LogP contribution in [0.1, 0.15) is 20.3 Å². The maximum atomic E-state index is 11.5. The molecule has 3 nitrogen and oxygen atoms in total. The predicted molar refractivity (Wildman–Crippen MR) is 73.1 cm³/mol. The van der Waals surface area contributed by atoms with E-state index in [1.165, 1.54) is 4.90 Å². The molecule has 17 heavy (non-hydrogen) atoms. The Morgan fingerprint density at radius 3 is 2.59 bits per heavy atom. The van der Waals surface area contributed by atoms with Crippen molar-refractivity contribution in [1.29, 1.82) is 0 Å². The Kier molecular flexibility index (Phi) is 5.51. The first kappa shape index (κ1) is 14.1. The second kappa shape index (κ2) is 6.67. The average Bonchev–Trinajstić information content (AvgIpc) is 2.23. The van der Waals surface area contributed by atoms with Crippen molar-refractivity contribution >= 4 is 17.7 Å². The van der Waals surface area contributed by atoms with Crippen molar-refractivity contribution in [2.45, 2.75) is 30.7 Å². The smallest absolute Gasteiger partial charge is 0.221 e. The van der Waals surface area contributed by atoms with Crippen LogP contribution in [-0.2, 0) is 4.79 Å². The van der Waals surface area contributed by atoms with Crippen LogP contribution in [0.3, 0.4) is 0 Å². The number of hydrogen-bond donors (Lipinski definition) is 2. The molecule has 0 saturated heterocycles. The van der Waals surface area contributed by atoms with Gasteiger partial charge in [-0.3, -0.25) is 4.79 Å². The Bertz CT molecular complexity index is 346. The van der Waals surface area contributed by atoms with Gasteiger partial charge in [0.25, 0.3) is 0 Å². The SMILES string of the molecule is CC(C)(N)CC(=O)NCCSc1ccccc1. The summed E-state index contributed by atoms with van der Waals surface area (Å²) in [5.41, 5.74) is 5.33. The molecule has 0 aromatic heterocycles. The molecule has 0 atom stereocenters. The molecular weight excluding hydrogens is 232 g/mol. The molecule has 0 radical (unpaired) electrons. The van der Waals surface area contributed by atoms with E-state index in [1.807, 2.05) is 32.0 Å². The number of nitrogens with one attached hydrogen (secondary N) is 1. The quantitative estimate of drug-likeness (QED) is 0.601. The van der Waals surface area contributed by atoms with Crippen molar-refractivity contribution in [3.63, 3.8) is 0 Å². The van der Waals surface area contributed by atoms with E-state index < -0.39 is 5.54 Å². The molecule has 0 saturated carbocycles. The number of nitrogens with two attached hydrogens (primary N) is 1. The standard InChI is InChI=1S/C13H20N2OS/c1-13(2,14)10-12(16)15-8-9-17-11-6-4-3-5-7-11/h3-7H,8-10,14H2,1-2H3,(H,15,16). The molecule has 0 spiro atoms. The predicted octanol–water partition coefficient (Wildman–Crippen LogP) is 2.02. The van der Waals surface area contributed by atoms with E-state index >= 15 is 0 Å². The summed E-state index contributed by atoms with van der Waals surface area (Å²) >= 11 is 1.73. The Balaban J connectivity index is 2.14. The summed E-state index contributed by atoms with van der Waals surface area (Å²) in [5.74, 6) is 0.895. The second-order valence-corrected chi connectivity index (χ2v) is 5.85. The molecule has 0 aliphatic rings. The number of benzene rings is 1. The molecule has 94 valence electrons. The van der Waals surface area contributed by atoms with Crippen LogP contribution in [0.4, 0.5) is 0 Å². The van der Waals surface area contributed by atoms with Crippen LogP contribution in [0.5, 0.6) is 0 Å². The maximum absolute atomic E-state index is 11.5. The normalized spacial score (nSPS) is 11.2. The maximum Gasteiger partial charge on any atom is 0.221 e. The van der Waals surface area contributed by atoms with Gasteiger partial charge in [0.05, 0.1) is 0 Å². The second-order valence-electron chi connectivity index (χ2n) is 4.68. The summed E-state index contributed by atoms with van der Waals surface area (Å²) in [6.45, 7) is 4.38. The summed E-state index contributed by atoms with van der Waals surface area (Å²) in [5, 5.41) is 2.87.